The molecule has 8 heteroatoms. The van der Waals surface area contributed by atoms with Crippen molar-refractivity contribution in [1.82, 2.24) is 14.8 Å². The molecule has 4 rings (SSSR count). The van der Waals surface area contributed by atoms with Crippen molar-refractivity contribution < 1.29 is 9.18 Å². The van der Waals surface area contributed by atoms with Gasteiger partial charge >= 0.3 is 0 Å². The number of amides is 1. The van der Waals surface area contributed by atoms with Gasteiger partial charge in [-0.1, -0.05) is 28.1 Å². The zero-order valence-corrected chi connectivity index (χ0v) is 16.8. The van der Waals surface area contributed by atoms with Gasteiger partial charge in [-0.05, 0) is 55.3 Å². The Hall–Kier alpha value is -3.00. The topological polar surface area (TPSA) is 71.8 Å². The molecule has 0 fully saturated rings. The highest BCUT2D eigenvalue weighted by Crippen LogP contribution is 2.35. The van der Waals surface area contributed by atoms with E-state index in [4.69, 9.17) is 0 Å². The summed E-state index contributed by atoms with van der Waals surface area (Å²) in [5, 5.41) is 10.3. The number of anilines is 2. The molecule has 1 aliphatic heterocycles. The highest BCUT2D eigenvalue weighted by Gasteiger charge is 2.33. The Balaban J connectivity index is 1.76. The fourth-order valence-corrected chi connectivity index (χ4v) is 3.56. The summed E-state index contributed by atoms with van der Waals surface area (Å²) in [4.78, 5) is 17.4. The number of rotatable bonds is 3. The van der Waals surface area contributed by atoms with Crippen molar-refractivity contribution in [3.63, 3.8) is 0 Å². The average Bonchev–Trinajstić information content (AvgIpc) is 3.11. The predicted molar refractivity (Wildman–Crippen MR) is 108 cm³/mol. The van der Waals surface area contributed by atoms with Crippen molar-refractivity contribution in [3.05, 3.63) is 81.5 Å². The van der Waals surface area contributed by atoms with E-state index >= 15 is 0 Å². The van der Waals surface area contributed by atoms with Crippen LogP contribution in [0.2, 0.25) is 0 Å². The van der Waals surface area contributed by atoms with Crippen molar-refractivity contribution in [1.29, 1.82) is 0 Å². The minimum Gasteiger partial charge on any atom is -0.328 e. The van der Waals surface area contributed by atoms with Gasteiger partial charge in [-0.3, -0.25) is 4.79 Å². The molecule has 2 heterocycles. The SMILES string of the molecule is CC1=C(C(=O)Nc2ccc(F)cc2C)[C@H](c2ccc(Br)cc2)n2ncnc2N1. The van der Waals surface area contributed by atoms with E-state index in [-0.39, 0.29) is 11.7 Å². The Labute approximate surface area is 169 Å². The first-order valence-corrected chi connectivity index (χ1v) is 9.43. The second-order valence-corrected chi connectivity index (χ2v) is 7.48. The molecule has 0 aliphatic carbocycles. The molecule has 0 saturated heterocycles. The Bertz CT molecular complexity index is 1090. The van der Waals surface area contributed by atoms with E-state index in [0.29, 0.717) is 28.5 Å². The first kappa shape index (κ1) is 18.4. The van der Waals surface area contributed by atoms with E-state index in [1.54, 1.807) is 17.7 Å². The van der Waals surface area contributed by atoms with Gasteiger partial charge in [-0.15, -0.1) is 0 Å². The molecule has 0 saturated carbocycles. The van der Waals surface area contributed by atoms with Gasteiger partial charge in [-0.25, -0.2) is 9.07 Å². The smallest absolute Gasteiger partial charge is 0.255 e. The molecular formula is C20H17BrFN5O. The summed E-state index contributed by atoms with van der Waals surface area (Å²) in [6, 6.07) is 11.6. The highest BCUT2D eigenvalue weighted by molar-refractivity contribution is 9.10. The molecule has 1 aromatic heterocycles. The van der Waals surface area contributed by atoms with Crippen LogP contribution in [0.25, 0.3) is 0 Å². The quantitative estimate of drug-likeness (QED) is 0.630. The molecule has 28 heavy (non-hydrogen) atoms. The van der Waals surface area contributed by atoms with Crippen LogP contribution in [0.1, 0.15) is 24.1 Å². The summed E-state index contributed by atoms with van der Waals surface area (Å²) in [6.07, 6.45) is 1.45. The first-order valence-electron chi connectivity index (χ1n) is 8.64. The lowest BCUT2D eigenvalue weighted by Crippen LogP contribution is -2.31. The standard InChI is InChI=1S/C20H17BrFN5O/c1-11-9-15(22)7-8-16(11)26-19(28)17-12(2)25-20-23-10-24-27(20)18(17)13-3-5-14(21)6-4-13/h3-10,18H,1-2H3,(H,26,28)(H,23,24,25)/t18-/m0/s1. The van der Waals surface area contributed by atoms with Gasteiger partial charge in [0.15, 0.2) is 0 Å². The molecule has 6 nitrogen and oxygen atoms in total. The third-order valence-electron chi connectivity index (χ3n) is 4.66. The maximum atomic E-state index is 13.4. The fourth-order valence-electron chi connectivity index (χ4n) is 3.30. The monoisotopic (exact) mass is 441 g/mol. The number of aromatic nitrogens is 3. The summed E-state index contributed by atoms with van der Waals surface area (Å²) in [7, 11) is 0. The number of carbonyl (C=O) groups is 1. The van der Waals surface area contributed by atoms with Crippen LogP contribution in [0.3, 0.4) is 0 Å². The zero-order valence-electron chi connectivity index (χ0n) is 15.2. The largest absolute Gasteiger partial charge is 0.328 e. The number of allylic oxidation sites excluding steroid dienone is 1. The molecule has 142 valence electrons. The molecule has 1 aliphatic rings. The van der Waals surface area contributed by atoms with E-state index in [2.05, 4.69) is 36.6 Å². The summed E-state index contributed by atoms with van der Waals surface area (Å²) in [6.45, 7) is 3.58. The first-order chi connectivity index (χ1) is 13.4. The Morgan fingerprint density at radius 3 is 2.68 bits per heavy atom. The highest BCUT2D eigenvalue weighted by atomic mass is 79.9. The lowest BCUT2D eigenvalue weighted by atomic mass is 9.95. The average molecular weight is 442 g/mol. The number of aryl methyl sites for hydroxylation is 1. The molecule has 0 bridgehead atoms. The molecule has 2 N–H and O–H groups in total. The number of fused-ring (bicyclic) bond motifs is 1. The van der Waals surface area contributed by atoms with Crippen LogP contribution < -0.4 is 10.6 Å². The summed E-state index contributed by atoms with van der Waals surface area (Å²) in [5.74, 6) is -0.0565. The van der Waals surface area contributed by atoms with Gasteiger partial charge in [-0.2, -0.15) is 10.1 Å². The lowest BCUT2D eigenvalue weighted by molar-refractivity contribution is -0.113. The molecule has 0 spiro atoms. The van der Waals surface area contributed by atoms with Crippen LogP contribution in [0.15, 0.2) is 64.5 Å². The second kappa shape index (κ2) is 7.20. The molecule has 1 atom stereocenters. The second-order valence-electron chi connectivity index (χ2n) is 6.56. The fraction of sp³-hybridized carbons (Fsp3) is 0.150. The van der Waals surface area contributed by atoms with Gasteiger partial charge in [0.25, 0.3) is 5.91 Å². The normalized spacial score (nSPS) is 15.8. The molecule has 2 aromatic carbocycles. The van der Waals surface area contributed by atoms with Gasteiger partial charge in [0.05, 0.1) is 5.57 Å². The van der Waals surface area contributed by atoms with Gasteiger partial charge < -0.3 is 10.6 Å². The van der Waals surface area contributed by atoms with E-state index in [0.717, 1.165) is 10.0 Å². The minimum absolute atomic E-state index is 0.284. The molecule has 1 amide bonds. The Kier molecular flexibility index (Phi) is 4.72. The van der Waals surface area contributed by atoms with Crippen LogP contribution in [-0.4, -0.2) is 20.7 Å². The number of halogens is 2. The zero-order chi connectivity index (χ0) is 19.8. The maximum Gasteiger partial charge on any atom is 0.255 e. The van der Waals surface area contributed by atoms with Crippen molar-refractivity contribution in [3.8, 4) is 0 Å². The Morgan fingerprint density at radius 1 is 1.21 bits per heavy atom. The number of hydrogen-bond acceptors (Lipinski definition) is 4. The van der Waals surface area contributed by atoms with Crippen molar-refractivity contribution in [2.75, 3.05) is 10.6 Å². The number of hydrogen-bond donors (Lipinski definition) is 2. The predicted octanol–water partition coefficient (Wildman–Crippen LogP) is 4.42. The van der Waals surface area contributed by atoms with Gasteiger partial charge in [0.2, 0.25) is 5.95 Å². The maximum absolute atomic E-state index is 13.4. The van der Waals surface area contributed by atoms with Gasteiger partial charge in [0, 0.05) is 15.9 Å². The summed E-state index contributed by atoms with van der Waals surface area (Å²) >= 11 is 3.44. The molecule has 0 unspecified atom stereocenters. The number of carbonyl (C=O) groups excluding carboxylic acids is 1. The minimum atomic E-state index is -0.437. The van der Waals surface area contributed by atoms with E-state index in [1.807, 2.05) is 31.2 Å². The van der Waals surface area contributed by atoms with Crippen LogP contribution in [0.5, 0.6) is 0 Å². The van der Waals surface area contributed by atoms with E-state index in [1.165, 1.54) is 18.5 Å². The molecule has 3 aromatic rings. The van der Waals surface area contributed by atoms with Crippen molar-refractivity contribution in [2.24, 2.45) is 0 Å². The van der Waals surface area contributed by atoms with Crippen LogP contribution in [0.4, 0.5) is 16.0 Å². The van der Waals surface area contributed by atoms with E-state index in [9.17, 15) is 9.18 Å². The Morgan fingerprint density at radius 2 is 1.96 bits per heavy atom. The van der Waals surface area contributed by atoms with Crippen LogP contribution in [0, 0.1) is 12.7 Å². The molecular weight excluding hydrogens is 425 g/mol. The number of nitrogens with one attached hydrogen (secondary N) is 2. The van der Waals surface area contributed by atoms with Crippen molar-refractivity contribution >= 4 is 33.5 Å². The summed E-state index contributed by atoms with van der Waals surface area (Å²) in [5.41, 5.74) is 3.31. The van der Waals surface area contributed by atoms with Crippen LogP contribution in [-0.2, 0) is 4.79 Å². The summed E-state index contributed by atoms with van der Waals surface area (Å²) < 4.78 is 16.0. The number of nitrogens with zero attached hydrogens (tertiary/aromatic N) is 3. The molecule has 0 radical (unpaired) electrons. The van der Waals surface area contributed by atoms with Crippen LogP contribution >= 0.6 is 15.9 Å². The third-order valence-corrected chi connectivity index (χ3v) is 5.19. The van der Waals surface area contributed by atoms with Crippen molar-refractivity contribution in [2.45, 2.75) is 19.9 Å². The lowest BCUT2D eigenvalue weighted by Gasteiger charge is -2.29. The van der Waals surface area contributed by atoms with Gasteiger partial charge in [0.1, 0.15) is 18.2 Å². The third kappa shape index (κ3) is 3.31. The number of benzene rings is 2. The van der Waals surface area contributed by atoms with E-state index < -0.39 is 6.04 Å².